The van der Waals surface area contributed by atoms with Crippen molar-refractivity contribution in [3.05, 3.63) is 78.3 Å². The number of furan rings is 1. The standard InChI is InChI=1S/C26H31N3O4/c1-20-5-9-23(10-6-20)33-19-26(30)27-18-24(25-4-3-17-32-25)29-15-13-28(14-16-29)21-7-11-22(31-2)12-8-21/h3-12,17,24H,13-16,18-19H2,1-2H3,(H,27,30). The van der Waals surface area contributed by atoms with Gasteiger partial charge in [-0.1, -0.05) is 17.7 Å². The van der Waals surface area contributed by atoms with Gasteiger partial charge in [-0.25, -0.2) is 0 Å². The molecular weight excluding hydrogens is 418 g/mol. The van der Waals surface area contributed by atoms with Crippen LogP contribution in [0, 0.1) is 6.92 Å². The van der Waals surface area contributed by atoms with E-state index in [2.05, 4.69) is 27.2 Å². The van der Waals surface area contributed by atoms with Gasteiger partial charge in [-0.3, -0.25) is 9.69 Å². The van der Waals surface area contributed by atoms with Gasteiger partial charge < -0.3 is 24.1 Å². The molecule has 33 heavy (non-hydrogen) atoms. The van der Waals surface area contributed by atoms with Crippen molar-refractivity contribution in [1.29, 1.82) is 0 Å². The van der Waals surface area contributed by atoms with Gasteiger partial charge in [0.1, 0.15) is 17.3 Å². The molecule has 1 amide bonds. The third-order valence-corrected chi connectivity index (χ3v) is 5.95. The molecule has 0 bridgehead atoms. The molecule has 4 rings (SSSR count). The molecule has 1 aromatic heterocycles. The van der Waals surface area contributed by atoms with Crippen molar-refractivity contribution in [2.75, 3.05) is 51.3 Å². The molecule has 1 unspecified atom stereocenters. The minimum absolute atomic E-state index is 0.0147. The van der Waals surface area contributed by atoms with Gasteiger partial charge in [-0.2, -0.15) is 0 Å². The number of amides is 1. The fraction of sp³-hybridized carbons (Fsp3) is 0.346. The van der Waals surface area contributed by atoms with Crippen LogP contribution in [0.1, 0.15) is 17.4 Å². The van der Waals surface area contributed by atoms with Gasteiger partial charge in [-0.15, -0.1) is 0 Å². The highest BCUT2D eigenvalue weighted by Crippen LogP contribution is 2.25. The van der Waals surface area contributed by atoms with Crippen molar-refractivity contribution in [1.82, 2.24) is 10.2 Å². The predicted molar refractivity (Wildman–Crippen MR) is 128 cm³/mol. The van der Waals surface area contributed by atoms with Crippen molar-refractivity contribution in [2.45, 2.75) is 13.0 Å². The zero-order chi connectivity index (χ0) is 23.0. The number of benzene rings is 2. The maximum atomic E-state index is 12.4. The van der Waals surface area contributed by atoms with E-state index in [1.165, 1.54) is 5.69 Å². The van der Waals surface area contributed by atoms with Crippen molar-refractivity contribution in [3.8, 4) is 11.5 Å². The van der Waals surface area contributed by atoms with E-state index in [4.69, 9.17) is 13.9 Å². The first kappa shape index (κ1) is 22.7. The summed E-state index contributed by atoms with van der Waals surface area (Å²) in [6.07, 6.45) is 1.68. The molecular formula is C26H31N3O4. The Morgan fingerprint density at radius 1 is 1.00 bits per heavy atom. The van der Waals surface area contributed by atoms with Gasteiger partial charge in [0, 0.05) is 38.4 Å². The second-order valence-electron chi connectivity index (χ2n) is 8.16. The van der Waals surface area contributed by atoms with Crippen molar-refractivity contribution in [3.63, 3.8) is 0 Å². The van der Waals surface area contributed by atoms with Crippen LogP contribution >= 0.6 is 0 Å². The molecule has 0 spiro atoms. The lowest BCUT2D eigenvalue weighted by molar-refractivity contribution is -0.123. The van der Waals surface area contributed by atoms with Crippen LogP contribution in [-0.4, -0.2) is 57.2 Å². The third-order valence-electron chi connectivity index (χ3n) is 5.95. The van der Waals surface area contributed by atoms with E-state index in [-0.39, 0.29) is 18.6 Å². The van der Waals surface area contributed by atoms with E-state index >= 15 is 0 Å². The molecule has 7 heteroatoms. The Bertz CT molecular complexity index is 995. The predicted octanol–water partition coefficient (Wildman–Crippen LogP) is 3.66. The maximum Gasteiger partial charge on any atom is 0.258 e. The summed E-state index contributed by atoms with van der Waals surface area (Å²) in [6, 6.07) is 19.7. The summed E-state index contributed by atoms with van der Waals surface area (Å²) in [5, 5.41) is 3.01. The second-order valence-corrected chi connectivity index (χ2v) is 8.16. The van der Waals surface area contributed by atoms with Crippen molar-refractivity contribution >= 4 is 11.6 Å². The minimum Gasteiger partial charge on any atom is -0.497 e. The number of hydrogen-bond acceptors (Lipinski definition) is 6. The Kier molecular flexibility index (Phi) is 7.52. The molecule has 2 heterocycles. The summed E-state index contributed by atoms with van der Waals surface area (Å²) in [4.78, 5) is 17.2. The topological polar surface area (TPSA) is 67.2 Å². The van der Waals surface area contributed by atoms with Crippen LogP contribution in [0.3, 0.4) is 0 Å². The van der Waals surface area contributed by atoms with E-state index in [9.17, 15) is 4.79 Å². The van der Waals surface area contributed by atoms with Crippen LogP contribution in [0.2, 0.25) is 0 Å². The summed E-state index contributed by atoms with van der Waals surface area (Å²) in [5.41, 5.74) is 2.34. The van der Waals surface area contributed by atoms with E-state index in [1.54, 1.807) is 13.4 Å². The molecule has 2 aromatic carbocycles. The third kappa shape index (κ3) is 6.08. The first-order chi connectivity index (χ1) is 16.1. The van der Waals surface area contributed by atoms with Gasteiger partial charge in [0.05, 0.1) is 19.4 Å². The molecule has 0 aliphatic carbocycles. The van der Waals surface area contributed by atoms with Gasteiger partial charge in [0.15, 0.2) is 6.61 Å². The smallest absolute Gasteiger partial charge is 0.258 e. The van der Waals surface area contributed by atoms with Crippen LogP contribution in [0.4, 0.5) is 5.69 Å². The van der Waals surface area contributed by atoms with Crippen LogP contribution in [-0.2, 0) is 4.79 Å². The summed E-state index contributed by atoms with van der Waals surface area (Å²) in [6.45, 7) is 6.00. The fourth-order valence-electron chi connectivity index (χ4n) is 4.02. The minimum atomic E-state index is -0.149. The Balaban J connectivity index is 1.31. The first-order valence-corrected chi connectivity index (χ1v) is 11.2. The molecule has 1 aliphatic heterocycles. The Hall–Kier alpha value is -3.45. The number of anilines is 1. The molecule has 1 N–H and O–H groups in total. The molecule has 1 atom stereocenters. The SMILES string of the molecule is COc1ccc(N2CCN(C(CNC(=O)COc3ccc(C)cc3)c3ccco3)CC2)cc1. The lowest BCUT2D eigenvalue weighted by atomic mass is 10.1. The second kappa shape index (κ2) is 10.9. The number of nitrogens with one attached hydrogen (secondary N) is 1. The Morgan fingerprint density at radius 2 is 1.70 bits per heavy atom. The van der Waals surface area contributed by atoms with E-state index < -0.39 is 0 Å². The number of ether oxygens (including phenoxy) is 2. The summed E-state index contributed by atoms with van der Waals surface area (Å²) in [7, 11) is 1.68. The summed E-state index contributed by atoms with van der Waals surface area (Å²) in [5.74, 6) is 2.25. The lowest BCUT2D eigenvalue weighted by Crippen LogP contribution is -2.50. The van der Waals surface area contributed by atoms with Crippen LogP contribution in [0.15, 0.2) is 71.3 Å². The van der Waals surface area contributed by atoms with E-state index in [0.717, 1.165) is 43.3 Å². The highest BCUT2D eigenvalue weighted by molar-refractivity contribution is 5.77. The van der Waals surface area contributed by atoms with Crippen molar-refractivity contribution in [2.24, 2.45) is 0 Å². The Morgan fingerprint density at radius 3 is 2.33 bits per heavy atom. The number of carbonyl (C=O) groups excluding carboxylic acids is 1. The molecule has 1 saturated heterocycles. The number of aryl methyl sites for hydroxylation is 1. The maximum absolute atomic E-state index is 12.4. The molecule has 1 fully saturated rings. The normalized spacial score (nSPS) is 15.2. The van der Waals surface area contributed by atoms with Crippen LogP contribution in [0.25, 0.3) is 0 Å². The number of piperazine rings is 1. The van der Waals surface area contributed by atoms with E-state index in [0.29, 0.717) is 12.3 Å². The zero-order valence-corrected chi connectivity index (χ0v) is 19.2. The number of nitrogens with zero attached hydrogens (tertiary/aromatic N) is 2. The molecule has 3 aromatic rings. The quantitative estimate of drug-likeness (QED) is 0.538. The van der Waals surface area contributed by atoms with Crippen LogP contribution in [0.5, 0.6) is 11.5 Å². The fourth-order valence-corrected chi connectivity index (χ4v) is 4.02. The lowest BCUT2D eigenvalue weighted by Gasteiger charge is -2.39. The van der Waals surface area contributed by atoms with Crippen molar-refractivity contribution < 1.29 is 18.7 Å². The van der Waals surface area contributed by atoms with Gasteiger partial charge >= 0.3 is 0 Å². The van der Waals surface area contributed by atoms with Gasteiger partial charge in [0.2, 0.25) is 0 Å². The molecule has 0 radical (unpaired) electrons. The molecule has 174 valence electrons. The summed E-state index contributed by atoms with van der Waals surface area (Å²) >= 11 is 0. The monoisotopic (exact) mass is 449 g/mol. The summed E-state index contributed by atoms with van der Waals surface area (Å²) < 4.78 is 16.6. The first-order valence-electron chi connectivity index (χ1n) is 11.2. The molecule has 7 nitrogen and oxygen atoms in total. The number of methoxy groups -OCH3 is 1. The van der Waals surface area contributed by atoms with Gasteiger partial charge in [-0.05, 0) is 55.5 Å². The number of carbonyl (C=O) groups is 1. The van der Waals surface area contributed by atoms with Crippen LogP contribution < -0.4 is 19.7 Å². The molecule has 1 aliphatic rings. The van der Waals surface area contributed by atoms with Gasteiger partial charge in [0.25, 0.3) is 5.91 Å². The highest BCUT2D eigenvalue weighted by atomic mass is 16.5. The number of hydrogen-bond donors (Lipinski definition) is 1. The van der Waals surface area contributed by atoms with E-state index in [1.807, 2.05) is 55.5 Å². The Labute approximate surface area is 194 Å². The largest absolute Gasteiger partial charge is 0.497 e. The number of rotatable bonds is 9. The average molecular weight is 450 g/mol. The zero-order valence-electron chi connectivity index (χ0n) is 19.2. The average Bonchev–Trinajstić information content (AvgIpc) is 3.39. The highest BCUT2D eigenvalue weighted by Gasteiger charge is 2.27. The molecule has 0 saturated carbocycles.